The maximum Gasteiger partial charge on any atom is 0.00955 e. The van der Waals surface area contributed by atoms with Crippen LogP contribution in [0.25, 0.3) is 0 Å². The molecule has 0 aromatic carbocycles. The Hall–Kier alpha value is -0.0400. The fourth-order valence-corrected chi connectivity index (χ4v) is 2.94. The molecule has 13 heavy (non-hydrogen) atoms. The minimum Gasteiger partial charge on any atom is -0.314 e. The summed E-state index contributed by atoms with van der Waals surface area (Å²) in [5.74, 6) is 1.75. The molecule has 0 bridgehead atoms. The van der Waals surface area contributed by atoms with Crippen molar-refractivity contribution in [2.75, 3.05) is 6.54 Å². The first kappa shape index (κ1) is 11.0. The van der Waals surface area contributed by atoms with Gasteiger partial charge in [-0.2, -0.15) is 0 Å². The molecule has 3 unspecified atom stereocenters. The van der Waals surface area contributed by atoms with Gasteiger partial charge in [0.05, 0.1) is 0 Å². The zero-order chi connectivity index (χ0) is 10.1. The van der Waals surface area contributed by atoms with E-state index in [2.05, 4.69) is 39.9 Å². The largest absolute Gasteiger partial charge is 0.314 e. The summed E-state index contributed by atoms with van der Waals surface area (Å²) in [6.07, 6.45) is 2.78. The van der Waals surface area contributed by atoms with Crippen LogP contribution in [-0.2, 0) is 0 Å². The van der Waals surface area contributed by atoms with Crippen LogP contribution in [0.15, 0.2) is 0 Å². The molecular formula is C12H25N. The smallest absolute Gasteiger partial charge is 0.00955 e. The molecule has 1 aliphatic rings. The highest BCUT2D eigenvalue weighted by Crippen LogP contribution is 2.43. The van der Waals surface area contributed by atoms with E-state index in [0.29, 0.717) is 5.41 Å². The van der Waals surface area contributed by atoms with E-state index in [9.17, 15) is 0 Å². The first-order chi connectivity index (χ1) is 5.96. The van der Waals surface area contributed by atoms with Crippen molar-refractivity contribution in [3.8, 4) is 0 Å². The Morgan fingerprint density at radius 2 is 1.85 bits per heavy atom. The molecule has 0 aromatic heterocycles. The Balaban J connectivity index is 2.55. The van der Waals surface area contributed by atoms with E-state index in [0.717, 1.165) is 24.4 Å². The fraction of sp³-hybridized carbons (Fsp3) is 1.00. The lowest BCUT2D eigenvalue weighted by Crippen LogP contribution is -2.35. The van der Waals surface area contributed by atoms with E-state index in [1.54, 1.807) is 0 Å². The summed E-state index contributed by atoms with van der Waals surface area (Å²) < 4.78 is 0. The summed E-state index contributed by atoms with van der Waals surface area (Å²) >= 11 is 0. The van der Waals surface area contributed by atoms with E-state index in [4.69, 9.17) is 0 Å². The highest BCUT2D eigenvalue weighted by atomic mass is 14.9. The standard InChI is InChI=1S/C12H25N/c1-6-13-11-8-7-10(9(11)2)12(3,4)5/h9-11,13H,6-8H2,1-5H3. The van der Waals surface area contributed by atoms with Crippen LogP contribution >= 0.6 is 0 Å². The van der Waals surface area contributed by atoms with E-state index in [1.807, 2.05) is 0 Å². The monoisotopic (exact) mass is 183 g/mol. The molecule has 0 amide bonds. The van der Waals surface area contributed by atoms with Gasteiger partial charge in [-0.15, -0.1) is 0 Å². The average Bonchev–Trinajstić information content (AvgIpc) is 2.32. The van der Waals surface area contributed by atoms with Gasteiger partial charge in [-0.3, -0.25) is 0 Å². The second kappa shape index (κ2) is 4.00. The fourth-order valence-electron chi connectivity index (χ4n) is 2.94. The van der Waals surface area contributed by atoms with Gasteiger partial charge in [0.25, 0.3) is 0 Å². The molecule has 0 spiro atoms. The molecular weight excluding hydrogens is 158 g/mol. The molecule has 1 nitrogen and oxygen atoms in total. The van der Waals surface area contributed by atoms with Crippen LogP contribution in [0.1, 0.15) is 47.5 Å². The van der Waals surface area contributed by atoms with Gasteiger partial charge in [-0.1, -0.05) is 34.6 Å². The lowest BCUT2D eigenvalue weighted by atomic mass is 9.75. The maximum atomic E-state index is 3.60. The zero-order valence-electron chi connectivity index (χ0n) is 9.85. The molecule has 1 N–H and O–H groups in total. The lowest BCUT2D eigenvalue weighted by molar-refractivity contribution is 0.184. The minimum absolute atomic E-state index is 0.490. The van der Waals surface area contributed by atoms with Gasteiger partial charge in [0, 0.05) is 6.04 Å². The van der Waals surface area contributed by atoms with Crippen molar-refractivity contribution in [2.45, 2.75) is 53.5 Å². The predicted octanol–water partition coefficient (Wildman–Crippen LogP) is 3.06. The highest BCUT2D eigenvalue weighted by molar-refractivity contribution is 4.91. The molecule has 1 heteroatoms. The van der Waals surface area contributed by atoms with Gasteiger partial charge in [-0.25, -0.2) is 0 Å². The normalized spacial score (nSPS) is 35.3. The summed E-state index contributed by atoms with van der Waals surface area (Å²) in [6, 6.07) is 0.772. The third-order valence-electron chi connectivity index (χ3n) is 3.64. The van der Waals surface area contributed by atoms with Crippen molar-refractivity contribution in [3.63, 3.8) is 0 Å². The molecule has 0 radical (unpaired) electrons. The number of rotatable bonds is 2. The van der Waals surface area contributed by atoms with E-state index >= 15 is 0 Å². The van der Waals surface area contributed by atoms with Crippen LogP contribution in [-0.4, -0.2) is 12.6 Å². The van der Waals surface area contributed by atoms with Gasteiger partial charge >= 0.3 is 0 Å². The van der Waals surface area contributed by atoms with Crippen molar-refractivity contribution in [2.24, 2.45) is 17.3 Å². The van der Waals surface area contributed by atoms with Crippen molar-refractivity contribution in [3.05, 3.63) is 0 Å². The molecule has 1 rings (SSSR count). The van der Waals surface area contributed by atoms with E-state index in [-0.39, 0.29) is 0 Å². The van der Waals surface area contributed by atoms with Crippen molar-refractivity contribution >= 4 is 0 Å². The average molecular weight is 183 g/mol. The van der Waals surface area contributed by atoms with Crippen LogP contribution < -0.4 is 5.32 Å². The third kappa shape index (κ3) is 2.46. The molecule has 0 saturated heterocycles. The second-order valence-corrected chi connectivity index (χ2v) is 5.57. The third-order valence-corrected chi connectivity index (χ3v) is 3.64. The zero-order valence-corrected chi connectivity index (χ0v) is 9.85. The van der Waals surface area contributed by atoms with Gasteiger partial charge in [0.15, 0.2) is 0 Å². The summed E-state index contributed by atoms with van der Waals surface area (Å²) in [5.41, 5.74) is 0.490. The van der Waals surface area contributed by atoms with Crippen molar-refractivity contribution in [1.82, 2.24) is 5.32 Å². The van der Waals surface area contributed by atoms with Gasteiger partial charge in [0.1, 0.15) is 0 Å². The van der Waals surface area contributed by atoms with Crippen LogP contribution in [0.3, 0.4) is 0 Å². The summed E-state index contributed by atoms with van der Waals surface area (Å²) in [5, 5.41) is 3.60. The van der Waals surface area contributed by atoms with E-state index < -0.39 is 0 Å². The molecule has 0 aliphatic heterocycles. The lowest BCUT2D eigenvalue weighted by Gasteiger charge is -2.32. The Morgan fingerprint density at radius 3 is 2.23 bits per heavy atom. The van der Waals surface area contributed by atoms with Crippen LogP contribution in [0, 0.1) is 17.3 Å². The number of hydrogen-bond donors (Lipinski definition) is 1. The summed E-state index contributed by atoms with van der Waals surface area (Å²) in [4.78, 5) is 0. The van der Waals surface area contributed by atoms with Gasteiger partial charge in [0.2, 0.25) is 0 Å². The molecule has 0 aromatic rings. The Labute approximate surface area is 83.3 Å². The van der Waals surface area contributed by atoms with Gasteiger partial charge < -0.3 is 5.32 Å². The molecule has 3 atom stereocenters. The van der Waals surface area contributed by atoms with Gasteiger partial charge in [-0.05, 0) is 36.6 Å². The molecule has 0 heterocycles. The molecule has 1 saturated carbocycles. The minimum atomic E-state index is 0.490. The molecule has 1 fully saturated rings. The highest BCUT2D eigenvalue weighted by Gasteiger charge is 2.38. The van der Waals surface area contributed by atoms with Crippen LogP contribution in [0.4, 0.5) is 0 Å². The number of nitrogens with one attached hydrogen (secondary N) is 1. The predicted molar refractivity (Wildman–Crippen MR) is 58.8 cm³/mol. The van der Waals surface area contributed by atoms with Crippen LogP contribution in [0.5, 0.6) is 0 Å². The van der Waals surface area contributed by atoms with E-state index in [1.165, 1.54) is 12.8 Å². The maximum absolute atomic E-state index is 3.60. The van der Waals surface area contributed by atoms with Crippen molar-refractivity contribution in [1.29, 1.82) is 0 Å². The summed E-state index contributed by atoms with van der Waals surface area (Å²) in [6.45, 7) is 12.9. The first-order valence-corrected chi connectivity index (χ1v) is 5.70. The number of hydrogen-bond acceptors (Lipinski definition) is 1. The first-order valence-electron chi connectivity index (χ1n) is 5.70. The van der Waals surface area contributed by atoms with Crippen LogP contribution in [0.2, 0.25) is 0 Å². The summed E-state index contributed by atoms with van der Waals surface area (Å²) in [7, 11) is 0. The SMILES string of the molecule is CCNC1CCC(C(C)(C)C)C1C. The van der Waals surface area contributed by atoms with Crippen molar-refractivity contribution < 1.29 is 0 Å². The Bertz CT molecular complexity index is 157. The Morgan fingerprint density at radius 1 is 1.23 bits per heavy atom. The second-order valence-electron chi connectivity index (χ2n) is 5.57. The Kier molecular flexibility index (Phi) is 3.39. The topological polar surface area (TPSA) is 12.0 Å². The quantitative estimate of drug-likeness (QED) is 0.694. The molecule has 78 valence electrons. The molecule has 1 aliphatic carbocycles.